The minimum atomic E-state index is -0.512. The van der Waals surface area contributed by atoms with Crippen molar-refractivity contribution in [1.29, 1.82) is 0 Å². The number of aromatic nitrogens is 2. The van der Waals surface area contributed by atoms with Gasteiger partial charge in [-0.25, -0.2) is 14.2 Å². The summed E-state index contributed by atoms with van der Waals surface area (Å²) < 4.78 is 24.9. The van der Waals surface area contributed by atoms with Crippen molar-refractivity contribution >= 4 is 45.1 Å². The number of hydrogen-bond donors (Lipinski definition) is 2. The Morgan fingerprint density at radius 3 is 2.69 bits per heavy atom. The highest BCUT2D eigenvalue weighted by atomic mass is 35.5. The number of carbonyl (C=O) groups is 1. The van der Waals surface area contributed by atoms with Crippen molar-refractivity contribution in [3.05, 3.63) is 106 Å². The van der Waals surface area contributed by atoms with Gasteiger partial charge in [-0.1, -0.05) is 23.7 Å². The molecule has 6 rings (SSSR count). The molecule has 3 aromatic carbocycles. The third-order valence-electron chi connectivity index (χ3n) is 6.62. The van der Waals surface area contributed by atoms with E-state index in [0.29, 0.717) is 31.1 Å². The number of H-pyrrole nitrogens is 1. The fraction of sp³-hybridized carbons (Fsp3) is 0.172. The van der Waals surface area contributed by atoms with Crippen LogP contribution >= 0.6 is 22.9 Å². The van der Waals surface area contributed by atoms with Crippen LogP contribution in [0.25, 0.3) is 10.9 Å². The van der Waals surface area contributed by atoms with Crippen LogP contribution in [0.2, 0.25) is 5.02 Å². The number of amides is 1. The van der Waals surface area contributed by atoms with Gasteiger partial charge in [0, 0.05) is 39.7 Å². The lowest BCUT2D eigenvalue weighted by molar-refractivity contribution is 0.135. The first-order chi connectivity index (χ1) is 19.0. The molecule has 0 aliphatic carbocycles. The first kappa shape index (κ1) is 25.2. The molecule has 1 unspecified atom stereocenters. The summed E-state index contributed by atoms with van der Waals surface area (Å²) in [5.74, 6) is 0.609. The number of benzene rings is 3. The number of halogens is 2. The quantitative estimate of drug-likeness (QED) is 0.208. The van der Waals surface area contributed by atoms with Gasteiger partial charge in [0.1, 0.15) is 30.0 Å². The molecule has 1 atom stereocenters. The molecule has 7 nitrogen and oxygen atoms in total. The van der Waals surface area contributed by atoms with Crippen LogP contribution in [0.1, 0.15) is 22.9 Å². The summed E-state index contributed by atoms with van der Waals surface area (Å²) >= 11 is 7.84. The van der Waals surface area contributed by atoms with Gasteiger partial charge in [-0.3, -0.25) is 4.90 Å². The molecule has 0 fully saturated rings. The van der Waals surface area contributed by atoms with E-state index in [4.69, 9.17) is 21.1 Å². The minimum absolute atomic E-state index is 0.282. The fourth-order valence-corrected chi connectivity index (χ4v) is 5.58. The molecule has 0 radical (unpaired) electrons. The van der Waals surface area contributed by atoms with Crippen LogP contribution in [0.4, 0.5) is 14.3 Å². The summed E-state index contributed by atoms with van der Waals surface area (Å²) in [6, 6.07) is 18.5. The second-order valence-corrected chi connectivity index (χ2v) is 10.4. The summed E-state index contributed by atoms with van der Waals surface area (Å²) in [5.41, 5.74) is 3.89. The summed E-state index contributed by atoms with van der Waals surface area (Å²) in [4.78, 5) is 22.8. The number of anilines is 1. The van der Waals surface area contributed by atoms with Crippen LogP contribution in [0.15, 0.2) is 78.3 Å². The summed E-state index contributed by atoms with van der Waals surface area (Å²) in [7, 11) is 0. The Morgan fingerprint density at radius 2 is 1.92 bits per heavy atom. The lowest BCUT2D eigenvalue weighted by atomic mass is 9.92. The Labute approximate surface area is 233 Å². The summed E-state index contributed by atoms with van der Waals surface area (Å²) in [5, 5.41) is 7.69. The highest BCUT2D eigenvalue weighted by Crippen LogP contribution is 2.40. The zero-order chi connectivity index (χ0) is 26.8. The SMILES string of the molecule is O=C(Oc1ccc(F)cc1)N1CCc2c([nH]c3ccc(Cl)cc23)C1c1ccc(OCCNc2nccs2)cc1. The maximum atomic E-state index is 13.4. The fourth-order valence-electron chi connectivity index (χ4n) is 4.85. The van der Waals surface area contributed by atoms with E-state index in [1.165, 1.54) is 35.6 Å². The van der Waals surface area contributed by atoms with Crippen LogP contribution in [0.3, 0.4) is 0 Å². The molecule has 10 heteroatoms. The van der Waals surface area contributed by atoms with E-state index >= 15 is 0 Å². The van der Waals surface area contributed by atoms with E-state index < -0.39 is 18.0 Å². The van der Waals surface area contributed by atoms with E-state index in [0.717, 1.165) is 38.6 Å². The summed E-state index contributed by atoms with van der Waals surface area (Å²) in [6.07, 6.45) is 1.88. The smallest absolute Gasteiger partial charge is 0.416 e. The van der Waals surface area contributed by atoms with Crippen molar-refractivity contribution in [1.82, 2.24) is 14.9 Å². The molecule has 198 valence electrons. The molecule has 0 bridgehead atoms. The minimum Gasteiger partial charge on any atom is -0.492 e. The van der Waals surface area contributed by atoms with Crippen molar-refractivity contribution in [3.63, 3.8) is 0 Å². The molecule has 1 aliphatic heterocycles. The standard InChI is InChI=1S/C29H24ClFN4O3S/c30-19-3-10-25-24(17-19)23-11-14-35(29(36)38-22-8-4-20(31)5-9-22)27(26(23)34-25)18-1-6-21(7-2-18)37-15-12-32-28-33-13-16-39-28/h1-10,13,16-17,27,34H,11-12,14-15H2,(H,32,33). The maximum Gasteiger partial charge on any atom is 0.416 e. The molecule has 1 amide bonds. The van der Waals surface area contributed by atoms with Gasteiger partial charge in [0.05, 0.1) is 6.54 Å². The molecule has 3 heterocycles. The van der Waals surface area contributed by atoms with Gasteiger partial charge < -0.3 is 19.8 Å². The number of thiazole rings is 1. The number of nitrogens with one attached hydrogen (secondary N) is 2. The van der Waals surface area contributed by atoms with Gasteiger partial charge in [0.2, 0.25) is 0 Å². The zero-order valence-electron chi connectivity index (χ0n) is 20.7. The van der Waals surface area contributed by atoms with E-state index in [9.17, 15) is 9.18 Å². The van der Waals surface area contributed by atoms with Crippen molar-refractivity contribution in [2.24, 2.45) is 0 Å². The average molecular weight is 563 g/mol. The lowest BCUT2D eigenvalue weighted by Crippen LogP contribution is -2.42. The molecule has 0 spiro atoms. The van der Waals surface area contributed by atoms with Crippen LogP contribution in [0, 0.1) is 5.82 Å². The normalized spacial score (nSPS) is 14.7. The van der Waals surface area contributed by atoms with Gasteiger partial charge in [-0.05, 0) is 72.1 Å². The van der Waals surface area contributed by atoms with Crippen LogP contribution in [-0.4, -0.2) is 40.7 Å². The second kappa shape index (κ2) is 11.0. The molecule has 2 N–H and O–H groups in total. The Morgan fingerprint density at radius 1 is 1.13 bits per heavy atom. The first-order valence-corrected chi connectivity index (χ1v) is 13.7. The van der Waals surface area contributed by atoms with Crippen LogP contribution < -0.4 is 14.8 Å². The van der Waals surface area contributed by atoms with Crippen molar-refractivity contribution in [3.8, 4) is 11.5 Å². The highest BCUT2D eigenvalue weighted by Gasteiger charge is 2.35. The van der Waals surface area contributed by atoms with E-state index in [1.807, 2.05) is 47.8 Å². The Kier molecular flexibility index (Phi) is 7.08. The molecular formula is C29H24ClFN4O3S. The highest BCUT2D eigenvalue weighted by molar-refractivity contribution is 7.13. The van der Waals surface area contributed by atoms with Crippen molar-refractivity contribution in [2.45, 2.75) is 12.5 Å². The Hall–Kier alpha value is -4.08. The predicted octanol–water partition coefficient (Wildman–Crippen LogP) is 7.05. The zero-order valence-corrected chi connectivity index (χ0v) is 22.3. The largest absolute Gasteiger partial charge is 0.492 e. The number of hydrogen-bond acceptors (Lipinski definition) is 6. The molecule has 2 aromatic heterocycles. The Bertz CT molecular complexity index is 1590. The average Bonchev–Trinajstić information content (AvgIpc) is 3.60. The molecule has 0 saturated carbocycles. The van der Waals surface area contributed by atoms with Gasteiger partial charge >= 0.3 is 6.09 Å². The van der Waals surface area contributed by atoms with Gasteiger partial charge in [-0.2, -0.15) is 0 Å². The van der Waals surface area contributed by atoms with Gasteiger partial charge in [0.25, 0.3) is 0 Å². The molecule has 1 aliphatic rings. The van der Waals surface area contributed by atoms with Crippen LogP contribution in [-0.2, 0) is 6.42 Å². The van der Waals surface area contributed by atoms with E-state index in [1.54, 1.807) is 11.1 Å². The molecule has 39 heavy (non-hydrogen) atoms. The van der Waals surface area contributed by atoms with Crippen molar-refractivity contribution in [2.75, 3.05) is 25.0 Å². The molecule has 5 aromatic rings. The topological polar surface area (TPSA) is 79.5 Å². The Balaban J connectivity index is 1.26. The molecular weight excluding hydrogens is 539 g/mol. The monoisotopic (exact) mass is 562 g/mol. The third kappa shape index (κ3) is 5.41. The number of fused-ring (bicyclic) bond motifs is 3. The number of nitrogens with zero attached hydrogens (tertiary/aromatic N) is 2. The van der Waals surface area contributed by atoms with Crippen molar-refractivity contribution < 1.29 is 18.7 Å². The van der Waals surface area contributed by atoms with E-state index in [-0.39, 0.29) is 5.75 Å². The predicted molar refractivity (Wildman–Crippen MR) is 151 cm³/mol. The number of carbonyl (C=O) groups excluding carboxylic acids is 1. The number of ether oxygens (including phenoxy) is 2. The number of aromatic amines is 1. The summed E-state index contributed by atoms with van der Waals surface area (Å²) in [6.45, 7) is 1.55. The van der Waals surface area contributed by atoms with Gasteiger partial charge in [-0.15, -0.1) is 11.3 Å². The second-order valence-electron chi connectivity index (χ2n) is 9.06. The van der Waals surface area contributed by atoms with Crippen LogP contribution in [0.5, 0.6) is 11.5 Å². The van der Waals surface area contributed by atoms with E-state index in [2.05, 4.69) is 15.3 Å². The molecule has 0 saturated heterocycles. The maximum absolute atomic E-state index is 13.4. The first-order valence-electron chi connectivity index (χ1n) is 12.5. The third-order valence-corrected chi connectivity index (χ3v) is 7.58. The lowest BCUT2D eigenvalue weighted by Gasteiger charge is -2.35. The number of rotatable bonds is 7. The van der Waals surface area contributed by atoms with Gasteiger partial charge in [0.15, 0.2) is 5.13 Å².